The number of rotatable bonds is 3. The van der Waals surface area contributed by atoms with Crippen LogP contribution in [-0.4, -0.2) is 13.1 Å². The highest BCUT2D eigenvalue weighted by Gasteiger charge is 2.13. The summed E-state index contributed by atoms with van der Waals surface area (Å²) >= 11 is 3.79. The molecule has 2 rings (SSSR count). The minimum Gasteiger partial charge on any atom is -0.465 e. The van der Waals surface area contributed by atoms with E-state index in [1.54, 1.807) is 12.1 Å². The molecule has 0 aliphatic carbocycles. The first-order valence-electron chi connectivity index (χ1n) is 5.70. The third-order valence-corrected chi connectivity index (χ3v) is 4.28. The monoisotopic (exact) mass is 395 g/mol. The second kappa shape index (κ2) is 6.77. The lowest BCUT2D eigenvalue weighted by Crippen LogP contribution is -2.04. The summed E-state index contributed by atoms with van der Waals surface area (Å²) in [7, 11) is 1.31. The lowest BCUT2D eigenvalue weighted by molar-refractivity contribution is 0.0600. The largest absolute Gasteiger partial charge is 0.465 e. The van der Waals surface area contributed by atoms with Crippen LogP contribution >= 0.6 is 34.4 Å². The molecule has 0 saturated carbocycles. The standard InChI is InChI=1S/C15H10INO2S/c1-19-15(18)14-8-13(5-2-10(14)9-17)20-12-6-3-11(16)4-7-12/h2-8H,1H3. The lowest BCUT2D eigenvalue weighted by atomic mass is 10.1. The van der Waals surface area contributed by atoms with E-state index in [0.29, 0.717) is 11.1 Å². The molecule has 0 radical (unpaired) electrons. The summed E-state index contributed by atoms with van der Waals surface area (Å²) in [6.07, 6.45) is 0. The van der Waals surface area contributed by atoms with Gasteiger partial charge >= 0.3 is 5.97 Å². The van der Waals surface area contributed by atoms with E-state index in [-0.39, 0.29) is 0 Å². The van der Waals surface area contributed by atoms with E-state index in [4.69, 9.17) is 10.00 Å². The zero-order valence-corrected chi connectivity index (χ0v) is 13.6. The number of hydrogen-bond donors (Lipinski definition) is 0. The molecule has 0 fully saturated rings. The van der Waals surface area contributed by atoms with Crippen molar-refractivity contribution < 1.29 is 9.53 Å². The molecule has 0 bridgehead atoms. The maximum Gasteiger partial charge on any atom is 0.339 e. The summed E-state index contributed by atoms with van der Waals surface area (Å²) in [4.78, 5) is 13.6. The molecule has 0 aliphatic rings. The van der Waals surface area contributed by atoms with Crippen molar-refractivity contribution in [3.05, 3.63) is 57.2 Å². The molecule has 100 valence electrons. The van der Waals surface area contributed by atoms with Gasteiger partial charge in [-0.1, -0.05) is 11.8 Å². The molecule has 5 heteroatoms. The molecular weight excluding hydrogens is 385 g/mol. The van der Waals surface area contributed by atoms with Gasteiger partial charge in [-0.15, -0.1) is 0 Å². The van der Waals surface area contributed by atoms with Crippen molar-refractivity contribution in [2.75, 3.05) is 7.11 Å². The van der Waals surface area contributed by atoms with E-state index in [2.05, 4.69) is 22.6 Å². The fourth-order valence-corrected chi connectivity index (χ4v) is 2.82. The first kappa shape index (κ1) is 14.9. The summed E-state index contributed by atoms with van der Waals surface area (Å²) in [5, 5.41) is 9.01. The van der Waals surface area contributed by atoms with Crippen LogP contribution in [0.1, 0.15) is 15.9 Å². The van der Waals surface area contributed by atoms with Crippen molar-refractivity contribution in [1.29, 1.82) is 5.26 Å². The summed E-state index contributed by atoms with van der Waals surface area (Å²) in [6, 6.07) is 15.2. The van der Waals surface area contributed by atoms with Crippen molar-refractivity contribution in [3.8, 4) is 6.07 Å². The van der Waals surface area contributed by atoms with Crippen LogP contribution in [-0.2, 0) is 4.74 Å². The Bertz CT molecular complexity index is 677. The van der Waals surface area contributed by atoms with Crippen molar-refractivity contribution in [2.45, 2.75) is 9.79 Å². The molecule has 0 heterocycles. The van der Waals surface area contributed by atoms with E-state index in [1.807, 2.05) is 36.4 Å². The molecule has 0 saturated heterocycles. The van der Waals surface area contributed by atoms with Gasteiger partial charge in [0.25, 0.3) is 0 Å². The second-order valence-corrected chi connectivity index (χ2v) is 6.26. The Hall–Kier alpha value is -1.52. The summed E-state index contributed by atoms with van der Waals surface area (Å²) in [5.74, 6) is -0.494. The number of benzene rings is 2. The van der Waals surface area contributed by atoms with Crippen molar-refractivity contribution in [1.82, 2.24) is 0 Å². The van der Waals surface area contributed by atoms with E-state index in [9.17, 15) is 4.79 Å². The molecule has 0 atom stereocenters. The number of hydrogen-bond acceptors (Lipinski definition) is 4. The topological polar surface area (TPSA) is 50.1 Å². The Labute approximate surface area is 135 Å². The first-order chi connectivity index (χ1) is 9.63. The van der Waals surface area contributed by atoms with E-state index < -0.39 is 5.97 Å². The molecule has 2 aromatic rings. The zero-order valence-electron chi connectivity index (χ0n) is 10.6. The van der Waals surface area contributed by atoms with Crippen LogP contribution in [0.25, 0.3) is 0 Å². The van der Waals surface area contributed by atoms with Crippen LogP contribution in [0.5, 0.6) is 0 Å². The van der Waals surface area contributed by atoms with Gasteiger partial charge in [0.15, 0.2) is 0 Å². The minimum atomic E-state index is -0.494. The molecule has 0 aromatic heterocycles. The van der Waals surface area contributed by atoms with E-state index in [1.165, 1.54) is 22.4 Å². The van der Waals surface area contributed by atoms with Gasteiger partial charge in [-0.05, 0) is 65.1 Å². The Morgan fingerprint density at radius 1 is 1.20 bits per heavy atom. The van der Waals surface area contributed by atoms with Crippen LogP contribution in [0.4, 0.5) is 0 Å². The van der Waals surface area contributed by atoms with Crippen LogP contribution in [0.2, 0.25) is 0 Å². The molecule has 0 spiro atoms. The zero-order chi connectivity index (χ0) is 14.5. The fourth-order valence-electron chi connectivity index (χ4n) is 1.60. The number of nitriles is 1. The third-order valence-electron chi connectivity index (χ3n) is 2.57. The van der Waals surface area contributed by atoms with Crippen molar-refractivity contribution >= 4 is 40.3 Å². The quantitative estimate of drug-likeness (QED) is 0.580. The Morgan fingerprint density at radius 3 is 2.45 bits per heavy atom. The number of carbonyl (C=O) groups excluding carboxylic acids is 1. The molecule has 0 amide bonds. The maximum absolute atomic E-state index is 11.7. The minimum absolute atomic E-state index is 0.297. The Morgan fingerprint density at radius 2 is 1.85 bits per heavy atom. The van der Waals surface area contributed by atoms with Gasteiger partial charge in [-0.25, -0.2) is 4.79 Å². The average molecular weight is 395 g/mol. The summed E-state index contributed by atoms with van der Waals surface area (Å²) in [6.45, 7) is 0. The molecule has 0 N–H and O–H groups in total. The van der Waals surface area contributed by atoms with Crippen LogP contribution in [0.3, 0.4) is 0 Å². The maximum atomic E-state index is 11.7. The number of nitrogens with zero attached hydrogens (tertiary/aromatic N) is 1. The fraction of sp³-hybridized carbons (Fsp3) is 0.0667. The van der Waals surface area contributed by atoms with E-state index in [0.717, 1.165) is 9.79 Å². The van der Waals surface area contributed by atoms with Crippen LogP contribution in [0.15, 0.2) is 52.3 Å². The molecule has 3 nitrogen and oxygen atoms in total. The summed E-state index contributed by atoms with van der Waals surface area (Å²) < 4.78 is 5.87. The van der Waals surface area contributed by atoms with Gasteiger partial charge in [0.1, 0.15) is 6.07 Å². The van der Waals surface area contributed by atoms with Crippen molar-refractivity contribution in [2.24, 2.45) is 0 Å². The van der Waals surface area contributed by atoms with Gasteiger partial charge in [-0.2, -0.15) is 5.26 Å². The van der Waals surface area contributed by atoms with Gasteiger partial charge in [-0.3, -0.25) is 0 Å². The average Bonchev–Trinajstić information content (AvgIpc) is 2.48. The van der Waals surface area contributed by atoms with Crippen LogP contribution < -0.4 is 0 Å². The van der Waals surface area contributed by atoms with Crippen molar-refractivity contribution in [3.63, 3.8) is 0 Å². The number of ether oxygens (including phenoxy) is 1. The molecule has 2 aromatic carbocycles. The van der Waals surface area contributed by atoms with E-state index >= 15 is 0 Å². The smallest absolute Gasteiger partial charge is 0.339 e. The lowest BCUT2D eigenvalue weighted by Gasteiger charge is -2.06. The van der Waals surface area contributed by atoms with Gasteiger partial charge in [0.05, 0.1) is 18.2 Å². The number of esters is 1. The van der Waals surface area contributed by atoms with Gasteiger partial charge in [0.2, 0.25) is 0 Å². The molecule has 0 unspecified atom stereocenters. The highest BCUT2D eigenvalue weighted by molar-refractivity contribution is 14.1. The van der Waals surface area contributed by atoms with Crippen LogP contribution in [0, 0.1) is 14.9 Å². The number of methoxy groups -OCH3 is 1. The Balaban J connectivity index is 2.32. The first-order valence-corrected chi connectivity index (χ1v) is 7.59. The predicted molar refractivity (Wildman–Crippen MR) is 85.8 cm³/mol. The highest BCUT2D eigenvalue weighted by Crippen LogP contribution is 2.29. The number of halogens is 1. The predicted octanol–water partition coefficient (Wildman–Crippen LogP) is 4.10. The Kier molecular flexibility index (Phi) is 5.04. The third kappa shape index (κ3) is 3.52. The molecule has 0 aliphatic heterocycles. The molecular formula is C15H10INO2S. The summed E-state index contributed by atoms with van der Waals surface area (Å²) in [5.41, 5.74) is 0.620. The van der Waals surface area contributed by atoms with Gasteiger partial charge in [0, 0.05) is 13.4 Å². The number of carbonyl (C=O) groups is 1. The van der Waals surface area contributed by atoms with Gasteiger partial charge < -0.3 is 4.74 Å². The highest BCUT2D eigenvalue weighted by atomic mass is 127. The molecule has 20 heavy (non-hydrogen) atoms. The second-order valence-electron chi connectivity index (χ2n) is 3.87. The normalized spacial score (nSPS) is 9.85. The SMILES string of the molecule is COC(=O)c1cc(Sc2ccc(I)cc2)ccc1C#N.